The number of carboxylic acids is 1. The third-order valence-electron chi connectivity index (χ3n) is 3.38. The molecule has 2 aromatic rings. The van der Waals surface area contributed by atoms with Crippen LogP contribution in [0.1, 0.15) is 35.3 Å². The van der Waals surface area contributed by atoms with Gasteiger partial charge in [-0.05, 0) is 43.2 Å². The van der Waals surface area contributed by atoms with Crippen molar-refractivity contribution in [1.82, 2.24) is 5.32 Å². The Morgan fingerprint density at radius 1 is 1.08 bits per heavy atom. The Hall–Kier alpha value is -2.82. The average molecular weight is 327 g/mol. The molecule has 2 aromatic carbocycles. The first-order chi connectivity index (χ1) is 11.5. The standard InChI is InChI=1S/C19H21NO4/c1-13(2)24-16-9-7-14(8-10-16)12-20-18(21)11-15-5-3-4-6-17(15)19(22)23/h3-10,13H,11-12H2,1-2H3,(H,20,21)(H,22,23). The highest BCUT2D eigenvalue weighted by Crippen LogP contribution is 2.14. The van der Waals surface area contributed by atoms with Crippen LogP contribution in [0, 0.1) is 0 Å². The molecule has 0 aliphatic carbocycles. The number of hydrogen-bond acceptors (Lipinski definition) is 3. The summed E-state index contributed by atoms with van der Waals surface area (Å²) in [4.78, 5) is 23.2. The molecule has 0 unspecified atom stereocenters. The maximum absolute atomic E-state index is 12.0. The van der Waals surface area contributed by atoms with E-state index in [9.17, 15) is 9.59 Å². The highest BCUT2D eigenvalue weighted by Gasteiger charge is 2.12. The molecule has 0 aliphatic rings. The van der Waals surface area contributed by atoms with Crippen molar-refractivity contribution in [2.24, 2.45) is 0 Å². The zero-order valence-electron chi connectivity index (χ0n) is 13.8. The summed E-state index contributed by atoms with van der Waals surface area (Å²) in [6, 6.07) is 14.0. The minimum atomic E-state index is -1.03. The molecule has 2 rings (SSSR count). The van der Waals surface area contributed by atoms with E-state index in [1.807, 2.05) is 38.1 Å². The van der Waals surface area contributed by atoms with Gasteiger partial charge in [-0.2, -0.15) is 0 Å². The van der Waals surface area contributed by atoms with Crippen LogP contribution in [-0.4, -0.2) is 23.1 Å². The van der Waals surface area contributed by atoms with Gasteiger partial charge in [-0.15, -0.1) is 0 Å². The van der Waals surface area contributed by atoms with Gasteiger partial charge in [0.1, 0.15) is 5.75 Å². The Kier molecular flexibility index (Phi) is 5.95. The third-order valence-corrected chi connectivity index (χ3v) is 3.38. The largest absolute Gasteiger partial charge is 0.491 e. The van der Waals surface area contributed by atoms with Crippen LogP contribution >= 0.6 is 0 Å². The molecule has 0 radical (unpaired) electrons. The van der Waals surface area contributed by atoms with Crippen molar-refractivity contribution in [3.05, 3.63) is 65.2 Å². The highest BCUT2D eigenvalue weighted by molar-refractivity contribution is 5.91. The van der Waals surface area contributed by atoms with E-state index in [1.54, 1.807) is 18.2 Å². The van der Waals surface area contributed by atoms with Gasteiger partial charge < -0.3 is 15.2 Å². The van der Waals surface area contributed by atoms with Crippen molar-refractivity contribution in [2.45, 2.75) is 32.9 Å². The first-order valence-corrected chi connectivity index (χ1v) is 7.79. The summed E-state index contributed by atoms with van der Waals surface area (Å²) in [7, 11) is 0. The molecule has 0 saturated carbocycles. The molecule has 126 valence electrons. The number of carbonyl (C=O) groups is 2. The number of hydrogen-bond donors (Lipinski definition) is 2. The summed E-state index contributed by atoms with van der Waals surface area (Å²) in [5.74, 6) is -0.458. The topological polar surface area (TPSA) is 75.6 Å². The highest BCUT2D eigenvalue weighted by atomic mass is 16.5. The van der Waals surface area contributed by atoms with Gasteiger partial charge in [0, 0.05) is 6.54 Å². The maximum Gasteiger partial charge on any atom is 0.335 e. The summed E-state index contributed by atoms with van der Waals surface area (Å²) < 4.78 is 5.57. The van der Waals surface area contributed by atoms with Crippen LogP contribution in [0.15, 0.2) is 48.5 Å². The van der Waals surface area contributed by atoms with E-state index in [-0.39, 0.29) is 24.0 Å². The van der Waals surface area contributed by atoms with Crippen molar-refractivity contribution in [2.75, 3.05) is 0 Å². The number of carboxylic acid groups (broad SMARTS) is 1. The van der Waals surface area contributed by atoms with E-state index in [1.165, 1.54) is 6.07 Å². The van der Waals surface area contributed by atoms with Crippen molar-refractivity contribution in [3.63, 3.8) is 0 Å². The number of rotatable bonds is 7. The molecule has 0 aromatic heterocycles. The Morgan fingerprint density at radius 3 is 2.38 bits per heavy atom. The first-order valence-electron chi connectivity index (χ1n) is 7.79. The van der Waals surface area contributed by atoms with Crippen molar-refractivity contribution < 1.29 is 19.4 Å². The van der Waals surface area contributed by atoms with Gasteiger partial charge in [0.05, 0.1) is 18.1 Å². The lowest BCUT2D eigenvalue weighted by Crippen LogP contribution is -2.25. The summed E-state index contributed by atoms with van der Waals surface area (Å²) >= 11 is 0. The summed E-state index contributed by atoms with van der Waals surface area (Å²) in [5.41, 5.74) is 1.61. The number of ether oxygens (including phenoxy) is 1. The molecule has 0 bridgehead atoms. The predicted octanol–water partition coefficient (Wildman–Crippen LogP) is 3.03. The molecule has 0 heterocycles. The third kappa shape index (κ3) is 5.12. The zero-order chi connectivity index (χ0) is 17.5. The van der Waals surface area contributed by atoms with Gasteiger partial charge in [0.15, 0.2) is 0 Å². The Balaban J connectivity index is 1.91. The fourth-order valence-electron chi connectivity index (χ4n) is 2.28. The second-order valence-electron chi connectivity index (χ2n) is 5.73. The SMILES string of the molecule is CC(C)Oc1ccc(CNC(=O)Cc2ccccc2C(=O)O)cc1. The lowest BCUT2D eigenvalue weighted by molar-refractivity contribution is -0.120. The average Bonchev–Trinajstić information content (AvgIpc) is 2.54. The van der Waals surface area contributed by atoms with Crippen LogP contribution in [0.3, 0.4) is 0 Å². The predicted molar refractivity (Wildman–Crippen MR) is 91.2 cm³/mol. The van der Waals surface area contributed by atoms with E-state index in [0.29, 0.717) is 12.1 Å². The Bertz CT molecular complexity index is 708. The fourth-order valence-corrected chi connectivity index (χ4v) is 2.28. The molecule has 2 N–H and O–H groups in total. The molecule has 24 heavy (non-hydrogen) atoms. The Morgan fingerprint density at radius 2 is 1.75 bits per heavy atom. The first kappa shape index (κ1) is 17.5. The lowest BCUT2D eigenvalue weighted by atomic mass is 10.0. The van der Waals surface area contributed by atoms with Crippen LogP contribution in [0.5, 0.6) is 5.75 Å². The van der Waals surface area contributed by atoms with Gasteiger partial charge in [-0.1, -0.05) is 30.3 Å². The lowest BCUT2D eigenvalue weighted by Gasteiger charge is -2.11. The molecule has 0 atom stereocenters. The van der Waals surface area contributed by atoms with Gasteiger partial charge >= 0.3 is 5.97 Å². The second kappa shape index (κ2) is 8.15. The van der Waals surface area contributed by atoms with Crippen LogP contribution in [-0.2, 0) is 17.8 Å². The normalized spacial score (nSPS) is 10.5. The summed E-state index contributed by atoms with van der Waals surface area (Å²) in [5, 5.41) is 11.9. The number of nitrogens with one attached hydrogen (secondary N) is 1. The smallest absolute Gasteiger partial charge is 0.335 e. The molecule has 0 fully saturated rings. The zero-order valence-corrected chi connectivity index (χ0v) is 13.8. The number of aromatic carboxylic acids is 1. The molecule has 1 amide bonds. The van der Waals surface area contributed by atoms with Crippen molar-refractivity contribution in [1.29, 1.82) is 0 Å². The van der Waals surface area contributed by atoms with Crippen molar-refractivity contribution >= 4 is 11.9 Å². The molecule has 5 heteroatoms. The summed E-state index contributed by atoms with van der Waals surface area (Å²) in [6.07, 6.45) is 0.154. The van der Waals surface area contributed by atoms with Crippen LogP contribution in [0.25, 0.3) is 0 Å². The minimum Gasteiger partial charge on any atom is -0.491 e. The Labute approximate surface area is 141 Å². The van der Waals surface area contributed by atoms with Gasteiger partial charge in [0.25, 0.3) is 0 Å². The van der Waals surface area contributed by atoms with Gasteiger partial charge in [0.2, 0.25) is 5.91 Å². The maximum atomic E-state index is 12.0. The number of benzene rings is 2. The van der Waals surface area contributed by atoms with Crippen LogP contribution < -0.4 is 10.1 Å². The molecular formula is C19H21NO4. The van der Waals surface area contributed by atoms with Crippen LogP contribution in [0.2, 0.25) is 0 Å². The molecule has 0 spiro atoms. The van der Waals surface area contributed by atoms with Crippen LogP contribution in [0.4, 0.5) is 0 Å². The molecule has 0 aliphatic heterocycles. The summed E-state index contributed by atoms with van der Waals surface area (Å²) in [6.45, 7) is 4.31. The monoisotopic (exact) mass is 327 g/mol. The number of carbonyl (C=O) groups excluding carboxylic acids is 1. The van der Waals surface area contributed by atoms with E-state index in [4.69, 9.17) is 9.84 Å². The quantitative estimate of drug-likeness (QED) is 0.819. The molecular weight excluding hydrogens is 306 g/mol. The second-order valence-corrected chi connectivity index (χ2v) is 5.73. The van der Waals surface area contributed by atoms with Crippen molar-refractivity contribution in [3.8, 4) is 5.75 Å². The molecule has 0 saturated heterocycles. The van der Waals surface area contributed by atoms with E-state index in [0.717, 1.165) is 11.3 Å². The van der Waals surface area contributed by atoms with Gasteiger partial charge in [-0.25, -0.2) is 4.79 Å². The minimum absolute atomic E-state index is 0.0387. The van der Waals surface area contributed by atoms with Gasteiger partial charge in [-0.3, -0.25) is 4.79 Å². The molecule has 5 nitrogen and oxygen atoms in total. The van der Waals surface area contributed by atoms with E-state index in [2.05, 4.69) is 5.32 Å². The van der Waals surface area contributed by atoms with E-state index < -0.39 is 5.97 Å². The fraction of sp³-hybridized carbons (Fsp3) is 0.263. The van der Waals surface area contributed by atoms with E-state index >= 15 is 0 Å². The number of amides is 1.